The lowest BCUT2D eigenvalue weighted by molar-refractivity contribution is 0.0638. The SMILES string of the molecule is C=CCOC(=O)Cl.C=CCOC(=O)N1CCC(I)CC1.C=CCOC(=O)N1CCC(O)CC1.OC1CCNCC1. The molecule has 3 aliphatic rings. The van der Waals surface area contributed by atoms with Crippen molar-refractivity contribution in [2.24, 2.45) is 0 Å². The average Bonchev–Trinajstić information content (AvgIpc) is 2.95. The Morgan fingerprint density at radius 2 is 1.12 bits per heavy atom. The Bertz CT molecular complexity index is 697. The Morgan fingerprint density at radius 1 is 0.750 bits per heavy atom. The zero-order valence-electron chi connectivity index (χ0n) is 23.2. The fourth-order valence-electron chi connectivity index (χ4n) is 3.45. The van der Waals surface area contributed by atoms with Crippen molar-refractivity contribution in [2.75, 3.05) is 59.1 Å². The molecule has 0 atom stereocenters. The first kappa shape index (κ1) is 38.1. The average molecular weight is 702 g/mol. The van der Waals surface area contributed by atoms with Gasteiger partial charge >= 0.3 is 17.6 Å². The molecule has 0 aromatic carbocycles. The second-order valence-electron chi connectivity index (χ2n) is 8.93. The Labute approximate surface area is 256 Å². The number of amides is 2. The van der Waals surface area contributed by atoms with E-state index in [-0.39, 0.29) is 37.6 Å². The lowest BCUT2D eigenvalue weighted by Crippen LogP contribution is -2.40. The van der Waals surface area contributed by atoms with Crippen LogP contribution < -0.4 is 5.32 Å². The monoisotopic (exact) mass is 701 g/mol. The van der Waals surface area contributed by atoms with Gasteiger partial charge in [-0.05, 0) is 51.6 Å². The van der Waals surface area contributed by atoms with Crippen LogP contribution in [0.25, 0.3) is 0 Å². The van der Waals surface area contributed by atoms with E-state index in [1.54, 1.807) is 15.9 Å². The summed E-state index contributed by atoms with van der Waals surface area (Å²) in [5.41, 5.74) is -0.792. The molecule has 3 rings (SSSR count). The Morgan fingerprint density at radius 3 is 1.45 bits per heavy atom. The lowest BCUT2D eigenvalue weighted by Gasteiger charge is -2.28. The second-order valence-corrected chi connectivity index (χ2v) is 11.0. The zero-order chi connectivity index (χ0) is 30.2. The number of piperidine rings is 3. The molecular formula is C27H45ClIN3O8. The van der Waals surface area contributed by atoms with E-state index in [1.165, 1.54) is 12.2 Å². The highest BCUT2D eigenvalue weighted by atomic mass is 127. The topological polar surface area (TPSA) is 138 Å². The lowest BCUT2D eigenvalue weighted by atomic mass is 10.1. The quantitative estimate of drug-likeness (QED) is 0.122. The standard InChI is InChI=1S/C9H14INO2.C9H15NO3.C5H11NO.C4H5ClO2/c1-2-7-13-9(12)11-5-3-8(10)4-6-11;1-2-7-13-9(12)10-5-3-8(11)4-6-10;7-5-1-3-6-4-2-5;1-2-3-7-4(5)6/h2,8H,1,3-7H2;2,8,11H,1,3-7H2;5-7H,1-4H2;2H,1,3H2. The van der Waals surface area contributed by atoms with Gasteiger partial charge < -0.3 is 39.5 Å². The predicted octanol–water partition coefficient (Wildman–Crippen LogP) is 4.25. The molecule has 3 N–H and O–H groups in total. The smallest absolute Gasteiger partial charge is 0.410 e. The molecule has 230 valence electrons. The number of carbonyl (C=O) groups excluding carboxylic acids is 3. The molecule has 0 bridgehead atoms. The molecule has 0 radical (unpaired) electrons. The highest BCUT2D eigenvalue weighted by Gasteiger charge is 2.22. The van der Waals surface area contributed by atoms with Gasteiger partial charge in [-0.2, -0.15) is 0 Å². The first-order valence-electron chi connectivity index (χ1n) is 13.3. The van der Waals surface area contributed by atoms with Crippen molar-refractivity contribution in [2.45, 2.75) is 54.7 Å². The Hall–Kier alpha value is -1.87. The molecule has 3 aliphatic heterocycles. The van der Waals surface area contributed by atoms with Gasteiger partial charge in [-0.1, -0.05) is 60.6 Å². The maximum atomic E-state index is 11.3. The van der Waals surface area contributed by atoms with Crippen molar-refractivity contribution in [3.05, 3.63) is 38.0 Å². The summed E-state index contributed by atoms with van der Waals surface area (Å²) in [4.78, 5) is 35.6. The minimum absolute atomic E-state index is 0.0266. The number of halogens is 2. The summed E-state index contributed by atoms with van der Waals surface area (Å²) in [5, 5.41) is 21.2. The van der Waals surface area contributed by atoms with Crippen LogP contribution in [0, 0.1) is 0 Å². The molecular weight excluding hydrogens is 657 g/mol. The van der Waals surface area contributed by atoms with E-state index >= 15 is 0 Å². The molecule has 3 saturated heterocycles. The van der Waals surface area contributed by atoms with Crippen LogP contribution in [0.2, 0.25) is 0 Å². The molecule has 0 aromatic heterocycles. The molecule has 0 aromatic rings. The molecule has 13 heteroatoms. The van der Waals surface area contributed by atoms with Gasteiger partial charge in [0.2, 0.25) is 0 Å². The molecule has 3 fully saturated rings. The van der Waals surface area contributed by atoms with E-state index in [4.69, 9.17) is 26.2 Å². The Kier molecular flexibility index (Phi) is 23.7. The molecule has 3 heterocycles. The third kappa shape index (κ3) is 21.0. The van der Waals surface area contributed by atoms with Crippen molar-refractivity contribution in [3.8, 4) is 0 Å². The van der Waals surface area contributed by atoms with E-state index in [0.717, 1.165) is 51.9 Å². The first-order chi connectivity index (χ1) is 19.1. The van der Waals surface area contributed by atoms with Gasteiger partial charge in [0, 0.05) is 41.7 Å². The maximum absolute atomic E-state index is 11.3. The molecule has 0 unspecified atom stereocenters. The normalized spacial score (nSPS) is 17.7. The number of hydrogen-bond acceptors (Lipinski definition) is 9. The molecule has 40 heavy (non-hydrogen) atoms. The van der Waals surface area contributed by atoms with Gasteiger partial charge in [0.15, 0.2) is 0 Å². The molecule has 0 aliphatic carbocycles. The van der Waals surface area contributed by atoms with Crippen molar-refractivity contribution < 1.29 is 38.8 Å². The third-order valence-electron chi connectivity index (χ3n) is 5.68. The summed E-state index contributed by atoms with van der Waals surface area (Å²) in [6.45, 7) is 15.8. The van der Waals surface area contributed by atoms with Gasteiger partial charge in [0.1, 0.15) is 19.8 Å². The van der Waals surface area contributed by atoms with Crippen LogP contribution in [0.4, 0.5) is 14.4 Å². The van der Waals surface area contributed by atoms with Crippen LogP contribution in [0.1, 0.15) is 38.5 Å². The van der Waals surface area contributed by atoms with Crippen LogP contribution in [-0.2, 0) is 14.2 Å². The predicted molar refractivity (Wildman–Crippen MR) is 164 cm³/mol. The van der Waals surface area contributed by atoms with Crippen molar-refractivity contribution in [1.29, 1.82) is 0 Å². The molecule has 11 nitrogen and oxygen atoms in total. The van der Waals surface area contributed by atoms with E-state index < -0.39 is 5.43 Å². The van der Waals surface area contributed by atoms with Crippen molar-refractivity contribution >= 4 is 51.8 Å². The third-order valence-corrected chi connectivity index (χ3v) is 7.03. The summed E-state index contributed by atoms with van der Waals surface area (Å²) in [6, 6.07) is 0. The highest BCUT2D eigenvalue weighted by Crippen LogP contribution is 2.18. The molecule has 0 spiro atoms. The number of likely N-dealkylation sites (tertiary alicyclic amines) is 2. The van der Waals surface area contributed by atoms with E-state index in [0.29, 0.717) is 36.5 Å². The van der Waals surface area contributed by atoms with E-state index in [9.17, 15) is 19.5 Å². The fraction of sp³-hybridized carbons (Fsp3) is 0.667. The van der Waals surface area contributed by atoms with Crippen LogP contribution in [0.5, 0.6) is 0 Å². The fourth-order valence-corrected chi connectivity index (χ4v) is 4.07. The number of aliphatic hydroxyl groups is 2. The van der Waals surface area contributed by atoms with Crippen LogP contribution >= 0.6 is 34.2 Å². The number of nitrogens with one attached hydrogen (secondary N) is 1. The van der Waals surface area contributed by atoms with Gasteiger partial charge in [-0.15, -0.1) is 0 Å². The number of alkyl halides is 1. The zero-order valence-corrected chi connectivity index (χ0v) is 26.1. The minimum atomic E-state index is -0.792. The number of hydrogen-bond donors (Lipinski definition) is 3. The molecule has 2 amide bonds. The maximum Gasteiger partial charge on any atom is 0.410 e. The van der Waals surface area contributed by atoms with Gasteiger partial charge in [-0.25, -0.2) is 14.4 Å². The van der Waals surface area contributed by atoms with Crippen LogP contribution in [-0.4, -0.2) is 113 Å². The van der Waals surface area contributed by atoms with Crippen molar-refractivity contribution in [3.63, 3.8) is 0 Å². The van der Waals surface area contributed by atoms with Crippen molar-refractivity contribution in [1.82, 2.24) is 15.1 Å². The number of rotatable bonds is 6. The van der Waals surface area contributed by atoms with Gasteiger partial charge in [-0.3, -0.25) is 0 Å². The second kappa shape index (κ2) is 24.9. The van der Waals surface area contributed by atoms with E-state index in [2.05, 4.69) is 52.4 Å². The summed E-state index contributed by atoms with van der Waals surface area (Å²) in [6.07, 6.45) is 9.06. The first-order valence-corrected chi connectivity index (χ1v) is 15.0. The number of ether oxygens (including phenoxy) is 3. The Balaban J connectivity index is 0.000000529. The van der Waals surface area contributed by atoms with Crippen LogP contribution in [0.15, 0.2) is 38.0 Å². The highest BCUT2D eigenvalue weighted by molar-refractivity contribution is 14.1. The number of nitrogens with zero attached hydrogens (tertiary/aromatic N) is 2. The number of aliphatic hydroxyl groups excluding tert-OH is 2. The summed E-state index contributed by atoms with van der Waals surface area (Å²) in [5.74, 6) is 0. The van der Waals surface area contributed by atoms with Crippen LogP contribution in [0.3, 0.4) is 0 Å². The summed E-state index contributed by atoms with van der Waals surface area (Å²) in [7, 11) is 0. The van der Waals surface area contributed by atoms with E-state index in [1.807, 2.05) is 0 Å². The largest absolute Gasteiger partial charge is 0.449 e. The van der Waals surface area contributed by atoms with Gasteiger partial charge in [0.25, 0.3) is 0 Å². The summed E-state index contributed by atoms with van der Waals surface area (Å²) < 4.78 is 14.7. The van der Waals surface area contributed by atoms with Gasteiger partial charge in [0.05, 0.1) is 12.2 Å². The minimum Gasteiger partial charge on any atom is -0.449 e. The number of carbonyl (C=O) groups is 3. The summed E-state index contributed by atoms with van der Waals surface area (Å²) >= 11 is 7.17. The molecule has 0 saturated carbocycles.